The third-order valence-corrected chi connectivity index (χ3v) is 4.61. The number of amides is 2. The Hall–Kier alpha value is -1.01. The second-order valence-electron chi connectivity index (χ2n) is 5.02. The molecule has 2 fully saturated rings. The predicted molar refractivity (Wildman–Crippen MR) is 79.4 cm³/mol. The molecule has 2 aliphatic heterocycles. The second kappa shape index (κ2) is 7.13. The lowest BCUT2D eigenvalue weighted by molar-refractivity contribution is -0.144. The van der Waals surface area contributed by atoms with Crippen molar-refractivity contribution in [3.8, 4) is 0 Å². The Morgan fingerprint density at radius 1 is 1.35 bits per heavy atom. The number of nitrogens with zero attached hydrogens (tertiary/aromatic N) is 2. The summed E-state index contributed by atoms with van der Waals surface area (Å²) in [4.78, 5) is 28.5. The van der Waals surface area contributed by atoms with Crippen LogP contribution in [-0.2, 0) is 14.3 Å². The summed E-state index contributed by atoms with van der Waals surface area (Å²) in [5.41, 5.74) is 0.731. The van der Waals surface area contributed by atoms with Crippen LogP contribution >= 0.6 is 11.8 Å². The molecule has 0 saturated carbocycles. The van der Waals surface area contributed by atoms with Gasteiger partial charge in [0.15, 0.2) is 0 Å². The molecule has 0 radical (unpaired) electrons. The van der Waals surface area contributed by atoms with E-state index in [1.165, 1.54) is 0 Å². The largest absolute Gasteiger partial charge is 0.378 e. The molecule has 0 spiro atoms. The third-order valence-electron chi connectivity index (χ3n) is 3.60. The monoisotopic (exact) mass is 298 g/mol. The highest BCUT2D eigenvalue weighted by Crippen LogP contribution is 2.24. The molecule has 0 aromatic heterocycles. The van der Waals surface area contributed by atoms with E-state index in [0.717, 1.165) is 12.0 Å². The van der Waals surface area contributed by atoms with Crippen LogP contribution in [0.1, 0.15) is 20.3 Å². The number of rotatable bonds is 3. The fourth-order valence-electron chi connectivity index (χ4n) is 2.46. The molecule has 0 aliphatic carbocycles. The normalized spacial score (nSPS) is 24.1. The topological polar surface area (TPSA) is 49.9 Å². The summed E-state index contributed by atoms with van der Waals surface area (Å²) in [5.74, 6) is 1.36. The van der Waals surface area contributed by atoms with Crippen LogP contribution in [0.4, 0.5) is 0 Å². The SMILES string of the molecule is CC/C=C(\C)C(=O)N1CSC[C@@H]1C(=O)N1CCOCC1. The minimum atomic E-state index is -0.314. The number of carbonyl (C=O) groups is 2. The fourth-order valence-corrected chi connectivity index (χ4v) is 3.61. The van der Waals surface area contributed by atoms with Gasteiger partial charge >= 0.3 is 0 Å². The van der Waals surface area contributed by atoms with Crippen LogP contribution in [0.15, 0.2) is 11.6 Å². The van der Waals surface area contributed by atoms with Gasteiger partial charge in [0.25, 0.3) is 5.91 Å². The summed E-state index contributed by atoms with van der Waals surface area (Å²) in [5, 5.41) is 0. The van der Waals surface area contributed by atoms with Gasteiger partial charge in [-0.2, -0.15) is 0 Å². The molecule has 0 bridgehead atoms. The molecule has 20 heavy (non-hydrogen) atoms. The Bertz CT molecular complexity index is 405. The Labute approximate surface area is 124 Å². The fraction of sp³-hybridized carbons (Fsp3) is 0.714. The number of hydrogen-bond acceptors (Lipinski definition) is 4. The van der Waals surface area contributed by atoms with Crippen LogP contribution in [0.2, 0.25) is 0 Å². The first-order valence-corrected chi connectivity index (χ1v) is 8.22. The Kier molecular flexibility index (Phi) is 5.48. The van der Waals surface area contributed by atoms with Gasteiger partial charge in [0.1, 0.15) is 6.04 Å². The van der Waals surface area contributed by atoms with E-state index < -0.39 is 0 Å². The van der Waals surface area contributed by atoms with Crippen LogP contribution in [0.3, 0.4) is 0 Å². The van der Waals surface area contributed by atoms with Crippen molar-refractivity contribution in [1.82, 2.24) is 9.80 Å². The highest BCUT2D eigenvalue weighted by Gasteiger charge is 2.37. The van der Waals surface area contributed by atoms with E-state index in [1.54, 1.807) is 16.7 Å². The van der Waals surface area contributed by atoms with Gasteiger partial charge in [-0.3, -0.25) is 9.59 Å². The quantitative estimate of drug-likeness (QED) is 0.732. The minimum Gasteiger partial charge on any atom is -0.378 e. The Morgan fingerprint density at radius 3 is 2.70 bits per heavy atom. The minimum absolute atomic E-state index is 0.0107. The zero-order valence-corrected chi connectivity index (χ0v) is 12.9. The molecule has 112 valence electrons. The van der Waals surface area contributed by atoms with Gasteiger partial charge in [0.05, 0.1) is 19.1 Å². The summed E-state index contributed by atoms with van der Waals surface area (Å²) in [6, 6.07) is -0.314. The number of ether oxygens (including phenoxy) is 1. The van der Waals surface area contributed by atoms with E-state index in [0.29, 0.717) is 37.9 Å². The smallest absolute Gasteiger partial charge is 0.250 e. The molecule has 0 N–H and O–H groups in total. The first kappa shape index (κ1) is 15.4. The van der Waals surface area contributed by atoms with E-state index in [-0.39, 0.29) is 17.9 Å². The lowest BCUT2D eigenvalue weighted by Gasteiger charge is -2.32. The van der Waals surface area contributed by atoms with Gasteiger partial charge in [-0.15, -0.1) is 11.8 Å². The van der Waals surface area contributed by atoms with Crippen molar-refractivity contribution in [2.24, 2.45) is 0 Å². The standard InChI is InChI=1S/C14H22N2O3S/c1-3-4-11(2)13(17)16-10-20-9-12(16)14(18)15-5-7-19-8-6-15/h4,12H,3,5-10H2,1-2H3/b11-4+/t12-/m1/s1. The van der Waals surface area contributed by atoms with Crippen molar-refractivity contribution in [2.75, 3.05) is 37.9 Å². The van der Waals surface area contributed by atoms with Crippen LogP contribution < -0.4 is 0 Å². The van der Waals surface area contributed by atoms with Crippen LogP contribution in [0.25, 0.3) is 0 Å². The maximum atomic E-state index is 12.5. The Morgan fingerprint density at radius 2 is 2.05 bits per heavy atom. The summed E-state index contributed by atoms with van der Waals surface area (Å²) in [7, 11) is 0. The number of hydrogen-bond donors (Lipinski definition) is 0. The van der Waals surface area contributed by atoms with Crippen LogP contribution in [-0.4, -0.2) is 65.6 Å². The predicted octanol–water partition coefficient (Wildman–Crippen LogP) is 1.10. The summed E-state index contributed by atoms with van der Waals surface area (Å²) < 4.78 is 5.27. The molecule has 2 aliphatic rings. The summed E-state index contributed by atoms with van der Waals surface area (Å²) >= 11 is 1.65. The van der Waals surface area contributed by atoms with E-state index >= 15 is 0 Å². The van der Waals surface area contributed by atoms with Gasteiger partial charge in [0, 0.05) is 24.4 Å². The number of morpholine rings is 1. The summed E-state index contributed by atoms with van der Waals surface area (Å²) in [6.45, 7) is 6.28. The first-order valence-electron chi connectivity index (χ1n) is 7.07. The van der Waals surface area contributed by atoms with Crippen molar-refractivity contribution < 1.29 is 14.3 Å². The average molecular weight is 298 g/mol. The van der Waals surface area contributed by atoms with E-state index in [9.17, 15) is 9.59 Å². The molecule has 6 heteroatoms. The van der Waals surface area contributed by atoms with Gasteiger partial charge in [-0.1, -0.05) is 13.0 Å². The summed E-state index contributed by atoms with van der Waals surface area (Å²) in [6.07, 6.45) is 2.75. The Balaban J connectivity index is 2.04. The third kappa shape index (κ3) is 3.35. The highest BCUT2D eigenvalue weighted by atomic mass is 32.2. The first-order chi connectivity index (χ1) is 9.65. The maximum absolute atomic E-state index is 12.5. The molecule has 0 aromatic carbocycles. The molecular formula is C14H22N2O3S. The van der Waals surface area contributed by atoms with Gasteiger partial charge in [0.2, 0.25) is 5.91 Å². The zero-order chi connectivity index (χ0) is 14.5. The van der Waals surface area contributed by atoms with Crippen molar-refractivity contribution in [3.63, 3.8) is 0 Å². The van der Waals surface area contributed by atoms with Crippen molar-refractivity contribution in [2.45, 2.75) is 26.3 Å². The molecular weight excluding hydrogens is 276 g/mol. The maximum Gasteiger partial charge on any atom is 0.250 e. The van der Waals surface area contributed by atoms with Gasteiger partial charge < -0.3 is 14.5 Å². The van der Waals surface area contributed by atoms with Crippen LogP contribution in [0.5, 0.6) is 0 Å². The number of thioether (sulfide) groups is 1. The molecule has 2 heterocycles. The molecule has 2 rings (SSSR count). The molecule has 0 unspecified atom stereocenters. The second-order valence-corrected chi connectivity index (χ2v) is 6.02. The zero-order valence-electron chi connectivity index (χ0n) is 12.1. The van der Waals surface area contributed by atoms with E-state index in [1.807, 2.05) is 24.8 Å². The van der Waals surface area contributed by atoms with Gasteiger partial charge in [-0.05, 0) is 13.3 Å². The molecule has 2 amide bonds. The van der Waals surface area contributed by atoms with E-state index in [2.05, 4.69) is 0 Å². The van der Waals surface area contributed by atoms with Crippen molar-refractivity contribution in [3.05, 3.63) is 11.6 Å². The molecule has 2 saturated heterocycles. The average Bonchev–Trinajstić information content (AvgIpc) is 2.96. The lowest BCUT2D eigenvalue weighted by Crippen LogP contribution is -2.52. The van der Waals surface area contributed by atoms with E-state index in [4.69, 9.17) is 4.74 Å². The van der Waals surface area contributed by atoms with Gasteiger partial charge in [-0.25, -0.2) is 0 Å². The lowest BCUT2D eigenvalue weighted by atomic mass is 10.1. The highest BCUT2D eigenvalue weighted by molar-refractivity contribution is 7.99. The van der Waals surface area contributed by atoms with Crippen molar-refractivity contribution in [1.29, 1.82) is 0 Å². The molecule has 0 aromatic rings. The number of carbonyl (C=O) groups excluding carboxylic acids is 2. The molecule has 1 atom stereocenters. The number of allylic oxidation sites excluding steroid dienone is 1. The molecule has 5 nitrogen and oxygen atoms in total. The van der Waals surface area contributed by atoms with Crippen molar-refractivity contribution >= 4 is 23.6 Å². The van der Waals surface area contributed by atoms with Crippen LogP contribution in [0, 0.1) is 0 Å².